The minimum atomic E-state index is -0.960. The predicted molar refractivity (Wildman–Crippen MR) is 62.2 cm³/mol. The van der Waals surface area contributed by atoms with Crippen LogP contribution in [0.15, 0.2) is 47.1 Å². The van der Waals surface area contributed by atoms with Crippen LogP contribution >= 0.6 is 12.4 Å². The van der Waals surface area contributed by atoms with Crippen molar-refractivity contribution in [2.45, 2.75) is 6.42 Å². The Balaban J connectivity index is 0.00000128. The van der Waals surface area contributed by atoms with Crippen LogP contribution in [0.25, 0.3) is 0 Å². The molecule has 2 rings (SSSR count). The molecule has 1 heterocycles. The average molecular weight is 239 g/mol. The Morgan fingerprint density at radius 3 is 2.50 bits per heavy atom. The summed E-state index contributed by atoms with van der Waals surface area (Å²) in [5.41, 5.74) is 1.30. The summed E-state index contributed by atoms with van der Waals surface area (Å²) in [6.07, 6.45) is 1.88. The standard InChI is InChI=1S/C12H10O3.ClH/c13-12(14)10-7-11(15-8-10)6-9-4-2-1-3-5-9;/h1-5,7-8H,6H2,(H,13,14);1H. The van der Waals surface area contributed by atoms with Crippen molar-refractivity contribution in [3.8, 4) is 0 Å². The number of aromatic carboxylic acids is 1. The molecule has 1 aromatic carbocycles. The van der Waals surface area contributed by atoms with Crippen LogP contribution in [0.2, 0.25) is 0 Å². The summed E-state index contributed by atoms with van der Waals surface area (Å²) in [5, 5.41) is 8.70. The fraction of sp³-hybridized carbons (Fsp3) is 0.0833. The minimum Gasteiger partial charge on any atom is -0.478 e. The second-order valence-electron chi connectivity index (χ2n) is 3.27. The SMILES string of the molecule is Cl.O=C(O)c1coc(Cc2ccccc2)c1. The van der Waals surface area contributed by atoms with Crippen LogP contribution in [-0.2, 0) is 6.42 Å². The molecule has 0 radical (unpaired) electrons. The molecular weight excluding hydrogens is 228 g/mol. The van der Waals surface area contributed by atoms with Gasteiger partial charge in [0.05, 0.1) is 5.56 Å². The molecule has 3 nitrogen and oxygen atoms in total. The highest BCUT2D eigenvalue weighted by molar-refractivity contribution is 5.87. The normalized spacial score (nSPS) is 9.50. The van der Waals surface area contributed by atoms with Gasteiger partial charge in [0.15, 0.2) is 0 Å². The molecule has 84 valence electrons. The Morgan fingerprint density at radius 2 is 1.94 bits per heavy atom. The van der Waals surface area contributed by atoms with E-state index in [0.29, 0.717) is 12.2 Å². The average Bonchev–Trinajstić information content (AvgIpc) is 2.68. The van der Waals surface area contributed by atoms with Gasteiger partial charge in [-0.05, 0) is 11.6 Å². The Hall–Kier alpha value is -1.74. The highest BCUT2D eigenvalue weighted by atomic mass is 35.5. The van der Waals surface area contributed by atoms with E-state index in [1.165, 1.54) is 6.26 Å². The number of carbonyl (C=O) groups is 1. The molecule has 0 saturated carbocycles. The lowest BCUT2D eigenvalue weighted by Crippen LogP contribution is -1.92. The van der Waals surface area contributed by atoms with Crippen LogP contribution in [0, 0.1) is 0 Å². The van der Waals surface area contributed by atoms with Crippen LogP contribution < -0.4 is 0 Å². The van der Waals surface area contributed by atoms with Gasteiger partial charge in [-0.25, -0.2) is 4.79 Å². The number of halogens is 1. The third-order valence-electron chi connectivity index (χ3n) is 2.12. The molecule has 0 amide bonds. The lowest BCUT2D eigenvalue weighted by atomic mass is 10.1. The molecule has 0 aliphatic rings. The minimum absolute atomic E-state index is 0. The van der Waals surface area contributed by atoms with E-state index >= 15 is 0 Å². The van der Waals surface area contributed by atoms with Gasteiger partial charge in [0.25, 0.3) is 0 Å². The molecule has 0 aliphatic carbocycles. The van der Waals surface area contributed by atoms with E-state index in [0.717, 1.165) is 5.56 Å². The van der Waals surface area contributed by atoms with Crippen molar-refractivity contribution >= 4 is 18.4 Å². The van der Waals surface area contributed by atoms with Crippen LogP contribution in [0.3, 0.4) is 0 Å². The maximum Gasteiger partial charge on any atom is 0.338 e. The zero-order valence-electron chi connectivity index (χ0n) is 8.42. The monoisotopic (exact) mass is 238 g/mol. The Bertz CT molecular complexity index is 462. The van der Waals surface area contributed by atoms with Crippen LogP contribution in [-0.4, -0.2) is 11.1 Å². The number of hydrogen-bond acceptors (Lipinski definition) is 2. The third-order valence-corrected chi connectivity index (χ3v) is 2.12. The van der Waals surface area contributed by atoms with Crippen LogP contribution in [0.1, 0.15) is 21.7 Å². The lowest BCUT2D eigenvalue weighted by molar-refractivity contribution is 0.0696. The van der Waals surface area contributed by atoms with Gasteiger partial charge in [0.1, 0.15) is 12.0 Å². The van der Waals surface area contributed by atoms with Crippen molar-refractivity contribution < 1.29 is 14.3 Å². The first-order valence-corrected chi connectivity index (χ1v) is 4.60. The number of hydrogen-bond donors (Lipinski definition) is 1. The number of carboxylic acid groups (broad SMARTS) is 1. The molecule has 0 saturated heterocycles. The van der Waals surface area contributed by atoms with E-state index in [4.69, 9.17) is 9.52 Å². The second-order valence-corrected chi connectivity index (χ2v) is 3.27. The van der Waals surface area contributed by atoms with E-state index in [9.17, 15) is 4.79 Å². The van der Waals surface area contributed by atoms with Gasteiger partial charge in [-0.3, -0.25) is 0 Å². The lowest BCUT2D eigenvalue weighted by Gasteiger charge is -1.95. The van der Waals surface area contributed by atoms with E-state index in [1.807, 2.05) is 30.3 Å². The van der Waals surface area contributed by atoms with Gasteiger partial charge < -0.3 is 9.52 Å². The highest BCUT2D eigenvalue weighted by Gasteiger charge is 2.08. The number of benzene rings is 1. The molecule has 0 spiro atoms. The van der Waals surface area contributed by atoms with Crippen molar-refractivity contribution in [3.05, 3.63) is 59.5 Å². The van der Waals surface area contributed by atoms with Crippen molar-refractivity contribution in [1.82, 2.24) is 0 Å². The number of carboxylic acids is 1. The van der Waals surface area contributed by atoms with Gasteiger partial charge >= 0.3 is 5.97 Å². The van der Waals surface area contributed by atoms with Gasteiger partial charge in [-0.2, -0.15) is 0 Å². The summed E-state index contributed by atoms with van der Waals surface area (Å²) >= 11 is 0. The molecule has 16 heavy (non-hydrogen) atoms. The molecule has 0 fully saturated rings. The molecule has 0 unspecified atom stereocenters. The van der Waals surface area contributed by atoms with E-state index < -0.39 is 5.97 Å². The summed E-state index contributed by atoms with van der Waals surface area (Å²) < 4.78 is 5.15. The molecule has 4 heteroatoms. The van der Waals surface area contributed by atoms with Crippen molar-refractivity contribution in [1.29, 1.82) is 0 Å². The zero-order chi connectivity index (χ0) is 10.7. The third kappa shape index (κ3) is 2.87. The van der Waals surface area contributed by atoms with Crippen molar-refractivity contribution in [2.24, 2.45) is 0 Å². The fourth-order valence-corrected chi connectivity index (χ4v) is 1.38. The molecule has 0 bridgehead atoms. The first-order chi connectivity index (χ1) is 7.25. The van der Waals surface area contributed by atoms with Gasteiger partial charge in [0, 0.05) is 6.42 Å². The molecule has 2 aromatic rings. The quantitative estimate of drug-likeness (QED) is 0.894. The zero-order valence-corrected chi connectivity index (χ0v) is 9.24. The molecular formula is C12H11ClO3. The topological polar surface area (TPSA) is 50.4 Å². The Kier molecular flexibility index (Phi) is 4.14. The smallest absolute Gasteiger partial charge is 0.338 e. The van der Waals surface area contributed by atoms with Crippen molar-refractivity contribution in [3.63, 3.8) is 0 Å². The first kappa shape index (κ1) is 12.3. The summed E-state index contributed by atoms with van der Waals surface area (Å²) in [6.45, 7) is 0. The summed E-state index contributed by atoms with van der Waals surface area (Å²) in [7, 11) is 0. The molecule has 0 atom stereocenters. The maximum atomic E-state index is 10.6. The molecule has 0 aliphatic heterocycles. The number of furan rings is 1. The fourth-order valence-electron chi connectivity index (χ4n) is 1.38. The maximum absolute atomic E-state index is 10.6. The highest BCUT2D eigenvalue weighted by Crippen LogP contribution is 2.12. The predicted octanol–water partition coefficient (Wildman–Crippen LogP) is 2.99. The van der Waals surface area contributed by atoms with Crippen molar-refractivity contribution in [2.75, 3.05) is 0 Å². The van der Waals surface area contributed by atoms with E-state index in [1.54, 1.807) is 6.07 Å². The second kappa shape index (κ2) is 5.37. The molecule has 1 N–H and O–H groups in total. The number of rotatable bonds is 3. The van der Waals surface area contributed by atoms with E-state index in [-0.39, 0.29) is 18.0 Å². The van der Waals surface area contributed by atoms with Gasteiger partial charge in [-0.15, -0.1) is 12.4 Å². The summed E-state index contributed by atoms with van der Waals surface area (Å²) in [5.74, 6) is -0.295. The first-order valence-electron chi connectivity index (χ1n) is 4.60. The van der Waals surface area contributed by atoms with Crippen LogP contribution in [0.4, 0.5) is 0 Å². The van der Waals surface area contributed by atoms with Gasteiger partial charge in [-0.1, -0.05) is 30.3 Å². The van der Waals surface area contributed by atoms with Crippen LogP contribution in [0.5, 0.6) is 0 Å². The molecule has 1 aromatic heterocycles. The largest absolute Gasteiger partial charge is 0.478 e. The Labute approximate surface area is 99.1 Å². The van der Waals surface area contributed by atoms with Gasteiger partial charge in [0.2, 0.25) is 0 Å². The van der Waals surface area contributed by atoms with E-state index in [2.05, 4.69) is 0 Å². The Morgan fingerprint density at radius 1 is 1.25 bits per heavy atom. The summed E-state index contributed by atoms with van der Waals surface area (Å²) in [4.78, 5) is 10.6. The summed E-state index contributed by atoms with van der Waals surface area (Å²) in [6, 6.07) is 11.3.